The molecule has 0 spiro atoms. The number of ether oxygens (including phenoxy) is 1. The molecule has 3 rings (SSSR count). The van der Waals surface area contributed by atoms with Gasteiger partial charge in [-0.2, -0.15) is 0 Å². The highest BCUT2D eigenvalue weighted by Crippen LogP contribution is 2.21. The van der Waals surface area contributed by atoms with Crippen molar-refractivity contribution in [2.24, 2.45) is 0 Å². The molecule has 0 amide bonds. The predicted octanol–water partition coefficient (Wildman–Crippen LogP) is 3.23. The van der Waals surface area contributed by atoms with Crippen LogP contribution in [-0.2, 0) is 19.3 Å². The number of nitrogens with zero attached hydrogens (tertiary/aromatic N) is 1. The van der Waals surface area contributed by atoms with E-state index in [0.29, 0.717) is 0 Å². The number of aromatic nitrogens is 2. The Hall–Kier alpha value is -1.68. The number of aryl methyl sites for hydroxylation is 1. The largest absolute Gasteiger partial charge is 0.497 e. The number of benzene rings is 1. The second-order valence-corrected chi connectivity index (χ2v) is 5.21. The average Bonchev–Trinajstić information content (AvgIpc) is 2.88. The zero-order valence-electron chi connectivity index (χ0n) is 10.9. The van der Waals surface area contributed by atoms with Gasteiger partial charge in [-0.3, -0.25) is 0 Å². The highest BCUT2D eigenvalue weighted by atomic mass is 32.1. The van der Waals surface area contributed by atoms with Crippen LogP contribution in [0.15, 0.2) is 24.3 Å². The van der Waals surface area contributed by atoms with Crippen molar-refractivity contribution < 1.29 is 4.74 Å². The molecule has 0 atom stereocenters. The molecule has 4 heteroatoms. The van der Waals surface area contributed by atoms with E-state index in [1.165, 1.54) is 23.2 Å². The normalized spacial score (nSPS) is 13.3. The van der Waals surface area contributed by atoms with Gasteiger partial charge in [0.25, 0.3) is 0 Å². The summed E-state index contributed by atoms with van der Waals surface area (Å²) >= 11 is 5.37. The molecule has 0 bridgehead atoms. The van der Waals surface area contributed by atoms with Gasteiger partial charge in [-0.25, -0.2) is 4.98 Å². The van der Waals surface area contributed by atoms with Gasteiger partial charge in [0, 0.05) is 17.7 Å². The molecule has 0 fully saturated rings. The lowest BCUT2D eigenvalue weighted by Crippen LogP contribution is -2.02. The Morgan fingerprint density at radius 2 is 2.05 bits per heavy atom. The van der Waals surface area contributed by atoms with E-state index < -0.39 is 0 Å². The van der Waals surface area contributed by atoms with E-state index in [2.05, 4.69) is 22.1 Å². The minimum Gasteiger partial charge on any atom is -0.497 e. The van der Waals surface area contributed by atoms with E-state index >= 15 is 0 Å². The summed E-state index contributed by atoms with van der Waals surface area (Å²) in [6.07, 6.45) is 4.13. The third-order valence-corrected chi connectivity index (χ3v) is 3.88. The molecule has 0 radical (unpaired) electrons. The van der Waals surface area contributed by atoms with Crippen molar-refractivity contribution in [3.05, 3.63) is 51.6 Å². The lowest BCUT2D eigenvalue weighted by molar-refractivity contribution is 0.414. The molecule has 1 aromatic heterocycles. The number of methoxy groups -OCH3 is 1. The minimum atomic E-state index is 0.773. The molecule has 98 valence electrons. The van der Waals surface area contributed by atoms with Gasteiger partial charge < -0.3 is 9.72 Å². The predicted molar refractivity (Wildman–Crippen MR) is 77.2 cm³/mol. The zero-order chi connectivity index (χ0) is 13.2. The quantitative estimate of drug-likeness (QED) is 0.872. The van der Waals surface area contributed by atoms with Crippen molar-refractivity contribution in [2.45, 2.75) is 25.7 Å². The maximum absolute atomic E-state index is 5.37. The van der Waals surface area contributed by atoms with Crippen LogP contribution >= 0.6 is 12.2 Å². The van der Waals surface area contributed by atoms with Gasteiger partial charge in [-0.1, -0.05) is 24.4 Å². The second-order valence-electron chi connectivity index (χ2n) is 4.82. The number of rotatable bonds is 3. The summed E-state index contributed by atoms with van der Waals surface area (Å²) in [5.41, 5.74) is 3.73. The van der Waals surface area contributed by atoms with Crippen LogP contribution in [0.1, 0.15) is 29.1 Å². The maximum Gasteiger partial charge on any atom is 0.133 e. The van der Waals surface area contributed by atoms with Crippen LogP contribution in [-0.4, -0.2) is 17.1 Å². The van der Waals surface area contributed by atoms with Crippen molar-refractivity contribution >= 4 is 12.2 Å². The molecular weight excluding hydrogens is 256 g/mol. The lowest BCUT2D eigenvalue weighted by Gasteiger charge is -2.06. The smallest absolute Gasteiger partial charge is 0.133 e. The standard InChI is InChI=1S/C15H16N2OS/c1-18-11-7-5-10(6-8-11)9-14-16-13-4-2-3-12(13)15(19)17-14/h5-8H,2-4,9H2,1H3,(H,16,17,19). The highest BCUT2D eigenvalue weighted by Gasteiger charge is 2.14. The molecule has 0 aliphatic heterocycles. The van der Waals surface area contributed by atoms with Gasteiger partial charge in [0.05, 0.1) is 7.11 Å². The molecule has 1 N–H and O–H groups in total. The SMILES string of the molecule is COc1ccc(Cc2nc(=S)c3c([nH]2)CCC3)cc1. The average molecular weight is 272 g/mol. The molecule has 1 heterocycles. The van der Waals surface area contributed by atoms with E-state index in [1.807, 2.05) is 12.1 Å². The monoisotopic (exact) mass is 272 g/mol. The van der Waals surface area contributed by atoms with Crippen LogP contribution < -0.4 is 4.74 Å². The molecule has 0 saturated carbocycles. The fraction of sp³-hybridized carbons (Fsp3) is 0.333. The number of hydrogen-bond acceptors (Lipinski definition) is 3. The molecule has 1 aliphatic rings. The third kappa shape index (κ3) is 2.54. The molecule has 0 saturated heterocycles. The third-order valence-electron chi connectivity index (χ3n) is 3.54. The first-order valence-electron chi connectivity index (χ1n) is 6.50. The summed E-state index contributed by atoms with van der Waals surface area (Å²) < 4.78 is 5.93. The van der Waals surface area contributed by atoms with E-state index in [0.717, 1.165) is 35.5 Å². The zero-order valence-corrected chi connectivity index (χ0v) is 11.7. The first-order valence-corrected chi connectivity index (χ1v) is 6.91. The van der Waals surface area contributed by atoms with Crippen molar-refractivity contribution in [1.82, 2.24) is 9.97 Å². The van der Waals surface area contributed by atoms with Gasteiger partial charge in [-0.05, 0) is 37.0 Å². The number of hydrogen-bond donors (Lipinski definition) is 1. The van der Waals surface area contributed by atoms with Crippen LogP contribution in [0.4, 0.5) is 0 Å². The first-order chi connectivity index (χ1) is 9.26. The van der Waals surface area contributed by atoms with Gasteiger partial charge >= 0.3 is 0 Å². The molecule has 1 aliphatic carbocycles. The van der Waals surface area contributed by atoms with Gasteiger partial charge in [0.15, 0.2) is 0 Å². The van der Waals surface area contributed by atoms with Gasteiger partial charge in [-0.15, -0.1) is 0 Å². The van der Waals surface area contributed by atoms with E-state index in [4.69, 9.17) is 17.0 Å². The van der Waals surface area contributed by atoms with Gasteiger partial charge in [0.2, 0.25) is 0 Å². The van der Waals surface area contributed by atoms with E-state index in [9.17, 15) is 0 Å². The molecular formula is C15H16N2OS. The fourth-order valence-electron chi connectivity index (χ4n) is 2.53. The van der Waals surface area contributed by atoms with E-state index in [-0.39, 0.29) is 0 Å². The Kier molecular flexibility index (Phi) is 3.34. The number of nitrogens with one attached hydrogen (secondary N) is 1. The van der Waals surface area contributed by atoms with Crippen LogP contribution in [0, 0.1) is 4.64 Å². The van der Waals surface area contributed by atoms with Crippen molar-refractivity contribution in [2.75, 3.05) is 7.11 Å². The summed E-state index contributed by atoms with van der Waals surface area (Å²) in [6.45, 7) is 0. The summed E-state index contributed by atoms with van der Waals surface area (Å²) in [7, 11) is 1.67. The number of fused-ring (bicyclic) bond motifs is 1. The summed E-state index contributed by atoms with van der Waals surface area (Å²) in [5, 5.41) is 0. The topological polar surface area (TPSA) is 37.9 Å². The second kappa shape index (κ2) is 5.13. The maximum atomic E-state index is 5.37. The fourth-order valence-corrected chi connectivity index (χ4v) is 2.87. The van der Waals surface area contributed by atoms with Crippen LogP contribution in [0.3, 0.4) is 0 Å². The first kappa shape index (κ1) is 12.4. The van der Waals surface area contributed by atoms with Crippen LogP contribution in [0.25, 0.3) is 0 Å². The summed E-state index contributed by atoms with van der Waals surface area (Å²) in [5.74, 6) is 1.83. The molecule has 1 aromatic carbocycles. The summed E-state index contributed by atoms with van der Waals surface area (Å²) in [6, 6.07) is 8.06. The Labute approximate surface area is 117 Å². The van der Waals surface area contributed by atoms with Crippen molar-refractivity contribution in [3.63, 3.8) is 0 Å². The molecule has 19 heavy (non-hydrogen) atoms. The molecule has 0 unspecified atom stereocenters. The van der Waals surface area contributed by atoms with Crippen LogP contribution in [0.5, 0.6) is 5.75 Å². The number of aromatic amines is 1. The molecule has 2 aromatic rings. The summed E-state index contributed by atoms with van der Waals surface area (Å²) in [4.78, 5) is 7.94. The van der Waals surface area contributed by atoms with Crippen molar-refractivity contribution in [1.29, 1.82) is 0 Å². The number of H-pyrrole nitrogens is 1. The molecule has 3 nitrogen and oxygen atoms in total. The van der Waals surface area contributed by atoms with E-state index in [1.54, 1.807) is 7.11 Å². The Morgan fingerprint density at radius 3 is 2.79 bits per heavy atom. The minimum absolute atomic E-state index is 0.773. The highest BCUT2D eigenvalue weighted by molar-refractivity contribution is 7.71. The Balaban J connectivity index is 1.87. The van der Waals surface area contributed by atoms with Crippen LogP contribution in [0.2, 0.25) is 0 Å². The lowest BCUT2D eigenvalue weighted by atomic mass is 10.1. The Morgan fingerprint density at radius 1 is 1.26 bits per heavy atom. The Bertz CT molecular complexity index is 646. The van der Waals surface area contributed by atoms with Crippen molar-refractivity contribution in [3.8, 4) is 5.75 Å². The van der Waals surface area contributed by atoms with Gasteiger partial charge in [0.1, 0.15) is 16.2 Å².